The number of allylic oxidation sites excluding steroid dienone is 4. The Hall–Kier alpha value is -0.470. The van der Waals surface area contributed by atoms with Gasteiger partial charge < -0.3 is 4.55 Å². The van der Waals surface area contributed by atoms with Gasteiger partial charge in [-0.15, -0.1) is 13.2 Å². The predicted octanol–water partition coefficient (Wildman–Crippen LogP) is 2.94. The van der Waals surface area contributed by atoms with Crippen LogP contribution in [0.15, 0.2) is 37.5 Å². The van der Waals surface area contributed by atoms with Crippen molar-refractivity contribution < 1.29 is 4.55 Å². The quantitative estimate of drug-likeness (QED) is 0.534. The second-order valence-corrected chi connectivity index (χ2v) is 7.01. The summed E-state index contributed by atoms with van der Waals surface area (Å²) in [5, 5.41) is 0. The highest BCUT2D eigenvalue weighted by Gasteiger charge is 2.53. The Labute approximate surface area is 101 Å². The maximum absolute atomic E-state index is 11.8. The lowest BCUT2D eigenvalue weighted by atomic mass is 9.58. The fourth-order valence-electron chi connectivity index (χ4n) is 2.97. The zero-order valence-electron chi connectivity index (χ0n) is 10.1. The molecule has 1 aliphatic carbocycles. The average Bonchev–Trinajstić information content (AvgIpc) is 2.68. The number of fused-ring (bicyclic) bond motifs is 1. The smallest absolute Gasteiger partial charge is 0.110 e. The van der Waals surface area contributed by atoms with Crippen LogP contribution in [-0.4, -0.2) is 16.1 Å². The van der Waals surface area contributed by atoms with Gasteiger partial charge in [-0.05, 0) is 0 Å². The normalized spacial score (nSPS) is 51.1. The minimum absolute atomic E-state index is 0.000648. The van der Waals surface area contributed by atoms with Crippen molar-refractivity contribution in [3.8, 4) is 0 Å². The lowest BCUT2D eigenvalue weighted by Crippen LogP contribution is -2.40. The lowest BCUT2D eigenvalue weighted by Gasteiger charge is -2.43. The van der Waals surface area contributed by atoms with Crippen molar-refractivity contribution in [2.45, 2.75) is 13.8 Å². The lowest BCUT2D eigenvalue weighted by molar-refractivity contribution is 0.171. The summed E-state index contributed by atoms with van der Waals surface area (Å²) in [5.41, 5.74) is -0.00130. The first-order valence-electron chi connectivity index (χ1n) is 5.78. The van der Waals surface area contributed by atoms with Gasteiger partial charge in [0.25, 0.3) is 0 Å². The van der Waals surface area contributed by atoms with Crippen molar-refractivity contribution in [1.29, 1.82) is 0 Å². The summed E-state index contributed by atoms with van der Waals surface area (Å²) in [5.74, 6) is 2.50. The van der Waals surface area contributed by atoms with E-state index in [0.29, 0.717) is 11.8 Å². The first-order chi connectivity index (χ1) is 7.45. The van der Waals surface area contributed by atoms with Gasteiger partial charge in [-0.3, -0.25) is 0 Å². The van der Waals surface area contributed by atoms with E-state index in [1.165, 1.54) is 0 Å². The minimum Gasteiger partial charge on any atom is -0.616 e. The van der Waals surface area contributed by atoms with E-state index in [2.05, 4.69) is 39.2 Å². The summed E-state index contributed by atoms with van der Waals surface area (Å²) in [4.78, 5) is 0. The van der Waals surface area contributed by atoms with E-state index in [-0.39, 0.29) is 10.8 Å². The van der Waals surface area contributed by atoms with Crippen LogP contribution in [0.25, 0.3) is 0 Å². The van der Waals surface area contributed by atoms with Crippen LogP contribution in [-0.2, 0) is 11.2 Å². The molecule has 0 amide bonds. The Morgan fingerprint density at radius 3 is 1.81 bits per heavy atom. The predicted molar refractivity (Wildman–Crippen MR) is 70.6 cm³/mol. The van der Waals surface area contributed by atoms with E-state index < -0.39 is 11.2 Å². The van der Waals surface area contributed by atoms with Crippen molar-refractivity contribution in [3.05, 3.63) is 37.5 Å². The zero-order valence-corrected chi connectivity index (χ0v) is 10.9. The highest BCUT2D eigenvalue weighted by molar-refractivity contribution is 7.91. The standard InChI is InChI=1S/C14H20OS/c1-5-13(3)7-8-14(4,6-2)12-10-16(15)9-11(12)13/h5-8,11-12H,1-2,9-10H2,3-4H3. The van der Waals surface area contributed by atoms with Gasteiger partial charge >= 0.3 is 0 Å². The van der Waals surface area contributed by atoms with Crippen molar-refractivity contribution in [3.63, 3.8) is 0 Å². The molecule has 4 atom stereocenters. The van der Waals surface area contributed by atoms with Gasteiger partial charge in [0.1, 0.15) is 11.5 Å². The van der Waals surface area contributed by atoms with Gasteiger partial charge in [-0.1, -0.05) is 49.3 Å². The maximum atomic E-state index is 11.8. The molecule has 1 saturated heterocycles. The topological polar surface area (TPSA) is 23.1 Å². The summed E-state index contributed by atoms with van der Waals surface area (Å²) in [7, 11) is 0. The van der Waals surface area contributed by atoms with Crippen LogP contribution in [0.2, 0.25) is 0 Å². The molecule has 0 spiro atoms. The highest BCUT2D eigenvalue weighted by atomic mass is 32.2. The van der Waals surface area contributed by atoms with Crippen LogP contribution in [0.3, 0.4) is 0 Å². The molecule has 0 aromatic heterocycles. The third kappa shape index (κ3) is 1.59. The van der Waals surface area contributed by atoms with Crippen LogP contribution in [0.5, 0.6) is 0 Å². The van der Waals surface area contributed by atoms with Crippen LogP contribution < -0.4 is 0 Å². The Morgan fingerprint density at radius 2 is 1.50 bits per heavy atom. The summed E-state index contributed by atoms with van der Waals surface area (Å²) >= 11 is -0.675. The van der Waals surface area contributed by atoms with Gasteiger partial charge in [0.15, 0.2) is 0 Å². The molecular formula is C14H20OS. The number of rotatable bonds is 2. The third-order valence-electron chi connectivity index (χ3n) is 4.50. The van der Waals surface area contributed by atoms with Gasteiger partial charge in [0.2, 0.25) is 0 Å². The van der Waals surface area contributed by atoms with Crippen LogP contribution in [0.1, 0.15) is 13.8 Å². The van der Waals surface area contributed by atoms with Gasteiger partial charge in [-0.25, -0.2) is 0 Å². The SMILES string of the molecule is C=CC1(C)C=CC(C)(C=C)C2C[S+]([O-])CC21. The molecule has 2 heteroatoms. The second-order valence-electron chi connectivity index (χ2n) is 5.46. The van der Waals surface area contributed by atoms with E-state index in [0.717, 1.165) is 11.5 Å². The fourth-order valence-corrected chi connectivity index (χ4v) is 5.09. The summed E-state index contributed by atoms with van der Waals surface area (Å²) in [6, 6.07) is 0. The first-order valence-corrected chi connectivity index (χ1v) is 7.26. The molecule has 2 aliphatic rings. The summed E-state index contributed by atoms with van der Waals surface area (Å²) < 4.78 is 11.8. The molecule has 1 aliphatic heterocycles. The number of hydrogen-bond acceptors (Lipinski definition) is 1. The van der Waals surface area contributed by atoms with E-state index in [4.69, 9.17) is 0 Å². The monoisotopic (exact) mass is 236 g/mol. The van der Waals surface area contributed by atoms with Crippen molar-refractivity contribution in [1.82, 2.24) is 0 Å². The molecule has 0 aromatic rings. The molecule has 1 heterocycles. The second kappa shape index (κ2) is 3.78. The van der Waals surface area contributed by atoms with Crippen molar-refractivity contribution in [2.75, 3.05) is 11.5 Å². The summed E-state index contributed by atoms with van der Waals surface area (Å²) in [6.07, 6.45) is 8.47. The van der Waals surface area contributed by atoms with Crippen LogP contribution in [0.4, 0.5) is 0 Å². The number of hydrogen-bond donors (Lipinski definition) is 0. The van der Waals surface area contributed by atoms with E-state index in [1.54, 1.807) is 0 Å². The molecule has 0 N–H and O–H groups in total. The molecular weight excluding hydrogens is 216 g/mol. The fraction of sp³-hybridized carbons (Fsp3) is 0.571. The maximum Gasteiger partial charge on any atom is 0.110 e. The molecule has 2 rings (SSSR count). The Kier molecular flexibility index (Phi) is 2.83. The zero-order chi connectivity index (χ0) is 12.0. The van der Waals surface area contributed by atoms with Gasteiger partial charge in [0, 0.05) is 22.7 Å². The largest absolute Gasteiger partial charge is 0.616 e. The Morgan fingerprint density at radius 1 is 1.12 bits per heavy atom. The first kappa shape index (κ1) is 12.0. The summed E-state index contributed by atoms with van der Waals surface area (Å²) in [6.45, 7) is 12.3. The van der Waals surface area contributed by atoms with Crippen LogP contribution >= 0.6 is 0 Å². The third-order valence-corrected chi connectivity index (χ3v) is 5.96. The molecule has 0 radical (unpaired) electrons. The Bertz CT molecular complexity index is 317. The van der Waals surface area contributed by atoms with Crippen molar-refractivity contribution in [2.24, 2.45) is 22.7 Å². The van der Waals surface area contributed by atoms with Gasteiger partial charge in [-0.2, -0.15) is 0 Å². The molecule has 1 nitrogen and oxygen atoms in total. The molecule has 0 saturated carbocycles. The molecule has 88 valence electrons. The van der Waals surface area contributed by atoms with E-state index in [9.17, 15) is 4.55 Å². The van der Waals surface area contributed by atoms with Crippen molar-refractivity contribution >= 4 is 11.2 Å². The molecule has 16 heavy (non-hydrogen) atoms. The van der Waals surface area contributed by atoms with E-state index >= 15 is 0 Å². The molecule has 1 fully saturated rings. The van der Waals surface area contributed by atoms with Crippen LogP contribution in [0, 0.1) is 22.7 Å². The van der Waals surface area contributed by atoms with Gasteiger partial charge in [0.05, 0.1) is 0 Å². The highest BCUT2D eigenvalue weighted by Crippen LogP contribution is 2.53. The minimum atomic E-state index is -0.675. The molecule has 0 bridgehead atoms. The van der Waals surface area contributed by atoms with E-state index in [1.807, 2.05) is 12.2 Å². The Balaban J connectivity index is 2.44. The molecule has 4 unspecified atom stereocenters. The average molecular weight is 236 g/mol. The molecule has 0 aromatic carbocycles.